The molecule has 2 aromatic rings. The minimum atomic E-state index is -6.34. The van der Waals surface area contributed by atoms with E-state index in [0.29, 0.717) is 23.9 Å². The number of nitrogens with one attached hydrogen (secondary N) is 1. The van der Waals surface area contributed by atoms with Crippen LogP contribution in [0.25, 0.3) is 0 Å². The standard InChI is InChI=1S/C17H9BrF8N2O3S/c1-32-12-6-8(15(20,16(21,22)23)17(24,25)26)5-9(18)13(12)27-14(29)7-2-3-10(19)11(4-7)28(30)31/h2-6H,1H3,(H,27,29). The number of thioether (sulfide) groups is 1. The van der Waals surface area contributed by atoms with Crippen molar-refractivity contribution in [3.63, 3.8) is 0 Å². The van der Waals surface area contributed by atoms with Crippen LogP contribution in [0.2, 0.25) is 0 Å². The molecule has 32 heavy (non-hydrogen) atoms. The second kappa shape index (κ2) is 8.84. The van der Waals surface area contributed by atoms with Gasteiger partial charge in [-0.25, -0.2) is 4.39 Å². The topological polar surface area (TPSA) is 72.2 Å². The van der Waals surface area contributed by atoms with Crippen molar-refractivity contribution in [1.82, 2.24) is 0 Å². The highest BCUT2D eigenvalue weighted by Gasteiger charge is 2.73. The summed E-state index contributed by atoms with van der Waals surface area (Å²) in [5, 5.41) is 13.0. The molecule has 174 valence electrons. The van der Waals surface area contributed by atoms with Gasteiger partial charge in [0.1, 0.15) is 0 Å². The summed E-state index contributed by atoms with van der Waals surface area (Å²) < 4.78 is 106. The summed E-state index contributed by atoms with van der Waals surface area (Å²) in [5.74, 6) is -2.32. The van der Waals surface area contributed by atoms with Crippen molar-refractivity contribution in [2.45, 2.75) is 22.9 Å². The predicted molar refractivity (Wildman–Crippen MR) is 102 cm³/mol. The smallest absolute Gasteiger partial charge is 0.320 e. The number of hydrogen-bond acceptors (Lipinski definition) is 4. The number of carbonyl (C=O) groups is 1. The van der Waals surface area contributed by atoms with Crippen molar-refractivity contribution in [3.8, 4) is 0 Å². The normalized spacial score (nSPS) is 12.6. The second-order valence-electron chi connectivity index (χ2n) is 6.07. The average molecular weight is 553 g/mol. The van der Waals surface area contributed by atoms with Gasteiger partial charge in [-0.15, -0.1) is 11.8 Å². The first-order chi connectivity index (χ1) is 14.5. The van der Waals surface area contributed by atoms with Gasteiger partial charge < -0.3 is 5.32 Å². The van der Waals surface area contributed by atoms with Gasteiger partial charge in [-0.2, -0.15) is 30.7 Å². The number of hydrogen-bond donors (Lipinski definition) is 1. The van der Waals surface area contributed by atoms with Gasteiger partial charge in [0.2, 0.25) is 5.82 Å². The number of carbonyl (C=O) groups excluding carboxylic acids is 1. The first-order valence-electron chi connectivity index (χ1n) is 8.00. The SMILES string of the molecule is CSc1cc(C(F)(C(F)(F)F)C(F)(F)F)cc(Br)c1NC(=O)c1ccc(F)c([N+](=O)[O-])c1. The van der Waals surface area contributed by atoms with E-state index in [4.69, 9.17) is 0 Å². The molecule has 1 amide bonds. The van der Waals surface area contributed by atoms with Gasteiger partial charge in [-0.05, 0) is 46.5 Å². The molecule has 2 rings (SSSR count). The Morgan fingerprint density at radius 2 is 1.62 bits per heavy atom. The molecule has 0 radical (unpaired) electrons. The molecule has 0 fully saturated rings. The lowest BCUT2D eigenvalue weighted by Gasteiger charge is -2.31. The summed E-state index contributed by atoms with van der Waals surface area (Å²) >= 11 is 3.31. The molecule has 0 unspecified atom stereocenters. The molecule has 0 aliphatic carbocycles. The number of nitrogens with zero attached hydrogens (tertiary/aromatic N) is 1. The third kappa shape index (κ3) is 4.67. The van der Waals surface area contributed by atoms with Gasteiger partial charge in [-0.1, -0.05) is 0 Å². The molecule has 0 bridgehead atoms. The minimum Gasteiger partial charge on any atom is -0.320 e. The van der Waals surface area contributed by atoms with E-state index >= 15 is 0 Å². The molecule has 0 heterocycles. The molecule has 0 saturated heterocycles. The van der Waals surface area contributed by atoms with Crippen molar-refractivity contribution in [3.05, 3.63) is 61.9 Å². The average Bonchev–Trinajstić information content (AvgIpc) is 2.66. The maximum absolute atomic E-state index is 14.4. The number of rotatable bonds is 5. The van der Waals surface area contributed by atoms with E-state index in [9.17, 15) is 50.0 Å². The summed E-state index contributed by atoms with van der Waals surface area (Å²) in [7, 11) is 0. The first-order valence-corrected chi connectivity index (χ1v) is 10.0. The summed E-state index contributed by atoms with van der Waals surface area (Å²) in [6.07, 6.45) is -11.4. The van der Waals surface area contributed by atoms with Gasteiger partial charge >= 0.3 is 23.7 Å². The Balaban J connectivity index is 2.56. The summed E-state index contributed by atoms with van der Waals surface area (Å²) in [4.78, 5) is 21.7. The van der Waals surface area contributed by atoms with E-state index in [1.54, 1.807) is 0 Å². The summed E-state index contributed by atoms with van der Waals surface area (Å²) in [5.41, 5.74) is -9.25. The zero-order valence-electron chi connectivity index (χ0n) is 15.4. The van der Waals surface area contributed by atoms with Crippen molar-refractivity contribution in [2.75, 3.05) is 11.6 Å². The Labute approximate surface area is 186 Å². The van der Waals surface area contributed by atoms with Crippen LogP contribution in [0.5, 0.6) is 0 Å². The Bertz CT molecular complexity index is 1060. The van der Waals surface area contributed by atoms with E-state index < -0.39 is 56.0 Å². The molecule has 0 aliphatic rings. The first kappa shape index (κ1) is 25.8. The van der Waals surface area contributed by atoms with E-state index in [0.717, 1.165) is 6.07 Å². The molecule has 0 spiro atoms. The van der Waals surface area contributed by atoms with E-state index in [1.807, 2.05) is 0 Å². The number of amides is 1. The van der Waals surface area contributed by atoms with Crippen LogP contribution in [0.3, 0.4) is 0 Å². The molecule has 0 aliphatic heterocycles. The number of anilines is 1. The zero-order chi connectivity index (χ0) is 24.6. The predicted octanol–water partition coefficient (Wildman–Crippen LogP) is 6.76. The van der Waals surface area contributed by atoms with Gasteiger partial charge in [0.25, 0.3) is 5.91 Å². The molecule has 0 aromatic heterocycles. The van der Waals surface area contributed by atoms with Crippen LogP contribution in [0, 0.1) is 15.9 Å². The third-order valence-electron chi connectivity index (χ3n) is 4.10. The number of nitro benzene ring substituents is 1. The van der Waals surface area contributed by atoms with Crippen LogP contribution in [0.1, 0.15) is 15.9 Å². The molecule has 0 atom stereocenters. The Kier molecular flexibility index (Phi) is 7.14. The Morgan fingerprint density at radius 3 is 2.09 bits per heavy atom. The fraction of sp³-hybridized carbons (Fsp3) is 0.235. The molecular weight excluding hydrogens is 544 g/mol. The van der Waals surface area contributed by atoms with Crippen LogP contribution in [-0.2, 0) is 5.67 Å². The Hall–Kier alpha value is -2.42. The highest BCUT2D eigenvalue weighted by Crippen LogP contribution is 2.54. The van der Waals surface area contributed by atoms with E-state index in [1.165, 1.54) is 6.26 Å². The fourth-order valence-electron chi connectivity index (χ4n) is 2.53. The van der Waals surface area contributed by atoms with Crippen LogP contribution in [0.4, 0.5) is 46.5 Å². The van der Waals surface area contributed by atoms with Gasteiger partial charge in [-0.3, -0.25) is 14.9 Å². The lowest BCUT2D eigenvalue weighted by Crippen LogP contribution is -2.50. The van der Waals surface area contributed by atoms with Gasteiger partial charge in [0.15, 0.2) is 0 Å². The van der Waals surface area contributed by atoms with Crippen molar-refractivity contribution >= 4 is 45.0 Å². The van der Waals surface area contributed by atoms with E-state index in [-0.39, 0.29) is 22.7 Å². The highest BCUT2D eigenvalue weighted by atomic mass is 79.9. The molecular formula is C17H9BrF8N2O3S. The van der Waals surface area contributed by atoms with Crippen molar-refractivity contribution in [1.29, 1.82) is 0 Å². The quantitative estimate of drug-likeness (QED) is 0.192. The molecule has 1 N–H and O–H groups in total. The maximum atomic E-state index is 14.4. The molecule has 0 saturated carbocycles. The minimum absolute atomic E-state index is 0.212. The summed E-state index contributed by atoms with van der Waals surface area (Å²) in [6, 6.07) is 2.58. The molecule has 15 heteroatoms. The molecule has 2 aromatic carbocycles. The highest BCUT2D eigenvalue weighted by molar-refractivity contribution is 9.10. The van der Waals surface area contributed by atoms with Crippen LogP contribution >= 0.6 is 27.7 Å². The van der Waals surface area contributed by atoms with E-state index in [2.05, 4.69) is 21.2 Å². The number of nitro groups is 1. The maximum Gasteiger partial charge on any atom is 0.435 e. The summed E-state index contributed by atoms with van der Waals surface area (Å²) in [6.45, 7) is 0. The number of halogens is 9. The van der Waals surface area contributed by atoms with Crippen molar-refractivity contribution < 1.29 is 44.8 Å². The zero-order valence-corrected chi connectivity index (χ0v) is 17.8. The lowest BCUT2D eigenvalue weighted by atomic mass is 9.94. The van der Waals surface area contributed by atoms with Crippen molar-refractivity contribution in [2.24, 2.45) is 0 Å². The van der Waals surface area contributed by atoms with Gasteiger partial charge in [0, 0.05) is 26.6 Å². The Morgan fingerprint density at radius 1 is 1.06 bits per heavy atom. The second-order valence-corrected chi connectivity index (χ2v) is 7.77. The number of alkyl halides is 7. The monoisotopic (exact) mass is 552 g/mol. The lowest BCUT2D eigenvalue weighted by molar-refractivity contribution is -0.387. The third-order valence-corrected chi connectivity index (χ3v) is 5.48. The van der Waals surface area contributed by atoms with Crippen LogP contribution in [0.15, 0.2) is 39.7 Å². The van der Waals surface area contributed by atoms with Crippen LogP contribution < -0.4 is 5.32 Å². The largest absolute Gasteiger partial charge is 0.435 e. The number of benzene rings is 2. The molecule has 5 nitrogen and oxygen atoms in total. The fourth-order valence-corrected chi connectivity index (χ4v) is 3.83. The van der Waals surface area contributed by atoms with Crippen LogP contribution in [-0.4, -0.2) is 29.4 Å². The van der Waals surface area contributed by atoms with Gasteiger partial charge in [0.05, 0.1) is 10.6 Å².